The number of carbonyl (C=O) groups excluding carboxylic acids is 2. The Labute approximate surface area is 186 Å². The van der Waals surface area contributed by atoms with Crippen molar-refractivity contribution in [3.8, 4) is 23.7 Å². The fourth-order valence-corrected chi connectivity index (χ4v) is 3.77. The fraction of sp³-hybridized carbons (Fsp3) is 0. The van der Waals surface area contributed by atoms with Crippen LogP contribution in [0.15, 0.2) is 97.1 Å². The van der Waals surface area contributed by atoms with Crippen LogP contribution >= 0.6 is 0 Å². The van der Waals surface area contributed by atoms with Gasteiger partial charge in [0.05, 0.1) is 0 Å². The van der Waals surface area contributed by atoms with E-state index in [-0.39, 0.29) is 11.6 Å². The Morgan fingerprint density at radius 3 is 1.28 bits per heavy atom. The highest BCUT2D eigenvalue weighted by Crippen LogP contribution is 2.31. The van der Waals surface area contributed by atoms with Gasteiger partial charge >= 0.3 is 0 Å². The standard InChI is InChI=1S/C30H16O2/c31-29-25-15-7-13-23(19-17-21-9-3-1-4-10-21)27(25)30(32)28-24(14-8-16-26(28)29)20-18-22-11-5-2-6-12-22/h1-16H. The van der Waals surface area contributed by atoms with Crippen molar-refractivity contribution >= 4 is 11.6 Å². The topological polar surface area (TPSA) is 34.1 Å². The lowest BCUT2D eigenvalue weighted by atomic mass is 9.80. The second-order valence-electron chi connectivity index (χ2n) is 7.35. The molecule has 0 heterocycles. The Morgan fingerprint density at radius 1 is 0.406 bits per heavy atom. The van der Waals surface area contributed by atoms with Gasteiger partial charge in [-0.25, -0.2) is 0 Å². The van der Waals surface area contributed by atoms with Crippen LogP contribution in [0.1, 0.15) is 54.1 Å². The molecular formula is C30H16O2. The zero-order valence-electron chi connectivity index (χ0n) is 17.1. The zero-order valence-corrected chi connectivity index (χ0v) is 17.1. The predicted molar refractivity (Wildman–Crippen MR) is 125 cm³/mol. The summed E-state index contributed by atoms with van der Waals surface area (Å²) in [6, 6.07) is 29.6. The zero-order chi connectivity index (χ0) is 21.9. The lowest BCUT2D eigenvalue weighted by Crippen LogP contribution is -2.23. The van der Waals surface area contributed by atoms with Gasteiger partial charge in [-0.3, -0.25) is 9.59 Å². The van der Waals surface area contributed by atoms with Crippen molar-refractivity contribution in [1.29, 1.82) is 0 Å². The second-order valence-corrected chi connectivity index (χ2v) is 7.35. The van der Waals surface area contributed by atoms with Crippen LogP contribution in [0.5, 0.6) is 0 Å². The summed E-state index contributed by atoms with van der Waals surface area (Å²) in [7, 11) is 0. The second kappa shape index (κ2) is 8.23. The SMILES string of the molecule is O=C1c2cccc(C#Cc3ccccc3)c2C(=O)c2c(C#Cc3ccccc3)cccc21. The average Bonchev–Trinajstić information content (AvgIpc) is 2.85. The average molecular weight is 408 g/mol. The molecule has 4 aromatic carbocycles. The minimum Gasteiger partial charge on any atom is -0.289 e. The highest BCUT2D eigenvalue weighted by Gasteiger charge is 2.32. The summed E-state index contributed by atoms with van der Waals surface area (Å²) in [4.78, 5) is 26.9. The van der Waals surface area contributed by atoms with Crippen LogP contribution in [-0.2, 0) is 0 Å². The Bertz CT molecular complexity index is 1380. The van der Waals surface area contributed by atoms with Crippen LogP contribution in [0.4, 0.5) is 0 Å². The molecule has 0 saturated heterocycles. The van der Waals surface area contributed by atoms with Crippen molar-refractivity contribution in [1.82, 2.24) is 0 Å². The molecule has 5 rings (SSSR count). The van der Waals surface area contributed by atoms with E-state index in [1.807, 2.05) is 60.7 Å². The summed E-state index contributed by atoms with van der Waals surface area (Å²) in [5.74, 6) is 12.0. The summed E-state index contributed by atoms with van der Waals surface area (Å²) in [6.07, 6.45) is 0. The first kappa shape index (κ1) is 19.3. The molecule has 0 amide bonds. The van der Waals surface area contributed by atoms with Gasteiger partial charge in [-0.1, -0.05) is 84.3 Å². The van der Waals surface area contributed by atoms with Gasteiger partial charge in [0.25, 0.3) is 0 Å². The number of benzene rings is 4. The first-order valence-electron chi connectivity index (χ1n) is 10.2. The summed E-state index contributed by atoms with van der Waals surface area (Å²) in [5, 5.41) is 0. The number of ketones is 2. The molecule has 1 aliphatic carbocycles. The molecule has 2 nitrogen and oxygen atoms in total. The molecule has 0 unspecified atom stereocenters. The number of hydrogen-bond acceptors (Lipinski definition) is 2. The molecule has 0 saturated carbocycles. The number of carbonyl (C=O) groups is 2. The van der Waals surface area contributed by atoms with Crippen LogP contribution in [0.3, 0.4) is 0 Å². The van der Waals surface area contributed by atoms with Gasteiger partial charge in [0.15, 0.2) is 11.6 Å². The minimum absolute atomic E-state index is 0.179. The van der Waals surface area contributed by atoms with Crippen LogP contribution < -0.4 is 0 Å². The smallest absolute Gasteiger partial charge is 0.197 e. The maximum Gasteiger partial charge on any atom is 0.197 e. The first-order valence-corrected chi connectivity index (χ1v) is 10.2. The Balaban J connectivity index is 1.64. The van der Waals surface area contributed by atoms with Crippen molar-refractivity contribution in [2.45, 2.75) is 0 Å². The van der Waals surface area contributed by atoms with Gasteiger partial charge in [0.1, 0.15) is 0 Å². The monoisotopic (exact) mass is 408 g/mol. The third-order valence-electron chi connectivity index (χ3n) is 5.30. The van der Waals surface area contributed by atoms with Crippen molar-refractivity contribution in [3.63, 3.8) is 0 Å². The molecule has 0 fully saturated rings. The summed E-state index contributed by atoms with van der Waals surface area (Å²) < 4.78 is 0. The number of fused-ring (bicyclic) bond motifs is 2. The van der Waals surface area contributed by atoms with Crippen molar-refractivity contribution < 1.29 is 9.59 Å². The molecule has 0 atom stereocenters. The van der Waals surface area contributed by atoms with Crippen molar-refractivity contribution in [2.75, 3.05) is 0 Å². The highest BCUT2D eigenvalue weighted by atomic mass is 16.1. The Kier molecular flexibility index (Phi) is 4.97. The van der Waals surface area contributed by atoms with Crippen LogP contribution in [0.25, 0.3) is 0 Å². The van der Waals surface area contributed by atoms with Crippen molar-refractivity contribution in [2.24, 2.45) is 0 Å². The molecule has 0 spiro atoms. The van der Waals surface area contributed by atoms with Gasteiger partial charge in [-0.2, -0.15) is 0 Å². The maximum absolute atomic E-state index is 13.6. The molecule has 32 heavy (non-hydrogen) atoms. The number of rotatable bonds is 0. The van der Waals surface area contributed by atoms with E-state index in [1.165, 1.54) is 0 Å². The largest absolute Gasteiger partial charge is 0.289 e. The third kappa shape index (κ3) is 3.52. The Hall–Kier alpha value is -4.66. The summed E-state index contributed by atoms with van der Waals surface area (Å²) >= 11 is 0. The lowest BCUT2D eigenvalue weighted by Gasteiger charge is -2.19. The van der Waals surface area contributed by atoms with E-state index < -0.39 is 0 Å². The van der Waals surface area contributed by atoms with E-state index in [2.05, 4.69) is 23.7 Å². The molecule has 148 valence electrons. The minimum atomic E-state index is -0.217. The summed E-state index contributed by atoms with van der Waals surface area (Å²) in [5.41, 5.74) is 4.24. The quantitative estimate of drug-likeness (QED) is 0.328. The van der Waals surface area contributed by atoms with E-state index >= 15 is 0 Å². The Morgan fingerprint density at radius 2 is 0.844 bits per heavy atom. The molecule has 1 aliphatic rings. The van der Waals surface area contributed by atoms with E-state index in [9.17, 15) is 9.59 Å². The van der Waals surface area contributed by atoms with E-state index in [1.54, 1.807) is 36.4 Å². The molecule has 0 N–H and O–H groups in total. The fourth-order valence-electron chi connectivity index (χ4n) is 3.77. The van der Waals surface area contributed by atoms with Crippen LogP contribution in [0.2, 0.25) is 0 Å². The van der Waals surface area contributed by atoms with E-state index in [4.69, 9.17) is 0 Å². The van der Waals surface area contributed by atoms with Gasteiger partial charge < -0.3 is 0 Å². The number of hydrogen-bond donors (Lipinski definition) is 0. The van der Waals surface area contributed by atoms with Gasteiger partial charge in [0.2, 0.25) is 0 Å². The molecule has 0 aliphatic heterocycles. The van der Waals surface area contributed by atoms with Crippen molar-refractivity contribution in [3.05, 3.63) is 142 Å². The van der Waals surface area contributed by atoms with Gasteiger partial charge in [-0.05, 0) is 36.4 Å². The lowest BCUT2D eigenvalue weighted by molar-refractivity contribution is 0.0978. The molecule has 4 aromatic rings. The van der Waals surface area contributed by atoms with Gasteiger partial charge in [0, 0.05) is 44.5 Å². The molecule has 0 bridgehead atoms. The molecule has 0 aromatic heterocycles. The normalized spacial score (nSPS) is 11.4. The van der Waals surface area contributed by atoms with Crippen LogP contribution in [0, 0.1) is 23.7 Å². The predicted octanol–water partition coefficient (Wildman–Crippen LogP) is 5.26. The van der Waals surface area contributed by atoms with E-state index in [0.29, 0.717) is 33.4 Å². The first-order chi connectivity index (χ1) is 15.7. The van der Waals surface area contributed by atoms with Crippen LogP contribution in [-0.4, -0.2) is 11.6 Å². The summed E-state index contributed by atoms with van der Waals surface area (Å²) in [6.45, 7) is 0. The highest BCUT2D eigenvalue weighted by molar-refractivity contribution is 6.29. The molecule has 0 radical (unpaired) electrons. The third-order valence-corrected chi connectivity index (χ3v) is 5.30. The molecular weight excluding hydrogens is 392 g/mol. The molecule has 2 heteroatoms. The maximum atomic E-state index is 13.6. The van der Waals surface area contributed by atoms with Gasteiger partial charge in [-0.15, -0.1) is 0 Å². The van der Waals surface area contributed by atoms with E-state index in [0.717, 1.165) is 11.1 Å².